The predicted octanol–water partition coefficient (Wildman–Crippen LogP) is 1.66. The average molecular weight is 236 g/mol. The fraction of sp³-hybridized carbons (Fsp3) is 0.200. The van der Waals surface area contributed by atoms with Gasteiger partial charge in [0.2, 0.25) is 10.7 Å². The Labute approximate surface area is 97.9 Å². The molecule has 0 spiro atoms. The molecule has 2 rings (SSSR count). The smallest absolute Gasteiger partial charge is 0.225 e. The van der Waals surface area contributed by atoms with E-state index in [9.17, 15) is 0 Å². The van der Waals surface area contributed by atoms with Gasteiger partial charge in [-0.1, -0.05) is 12.1 Å². The summed E-state index contributed by atoms with van der Waals surface area (Å²) in [5.74, 6) is 0.347. The molecule has 0 amide bonds. The number of nitrogens with two attached hydrogens (primary N) is 1. The number of hydrogen-bond donors (Lipinski definition) is 2. The van der Waals surface area contributed by atoms with Crippen LogP contribution in [0, 0.1) is 4.77 Å². The first-order valence-electron chi connectivity index (χ1n) is 4.73. The summed E-state index contributed by atoms with van der Waals surface area (Å²) in [6.07, 6.45) is 0. The first-order chi connectivity index (χ1) is 7.72. The molecule has 2 aromatic rings. The van der Waals surface area contributed by atoms with Crippen LogP contribution in [0.1, 0.15) is 5.56 Å². The molecule has 3 N–H and O–H groups in total. The van der Waals surface area contributed by atoms with E-state index in [0.29, 0.717) is 17.3 Å². The molecule has 0 radical (unpaired) electrons. The summed E-state index contributed by atoms with van der Waals surface area (Å²) in [5.41, 5.74) is 7.66. The van der Waals surface area contributed by atoms with E-state index in [1.165, 1.54) is 0 Å². The summed E-state index contributed by atoms with van der Waals surface area (Å²) in [5, 5.41) is 6.51. The summed E-state index contributed by atoms with van der Waals surface area (Å²) in [7, 11) is 1.66. The Balaban J connectivity index is 2.48. The van der Waals surface area contributed by atoms with Crippen LogP contribution in [-0.2, 0) is 11.3 Å². The second-order valence-corrected chi connectivity index (χ2v) is 3.71. The molecule has 0 saturated carbocycles. The Hall–Kier alpha value is -1.66. The summed E-state index contributed by atoms with van der Waals surface area (Å²) in [4.78, 5) is 0. The molecular formula is C10H12N4OS. The van der Waals surface area contributed by atoms with E-state index in [-0.39, 0.29) is 0 Å². The molecule has 0 unspecified atom stereocenters. The van der Waals surface area contributed by atoms with Crippen LogP contribution < -0.4 is 5.73 Å². The number of nitrogen functional groups attached to an aromatic ring is 1. The van der Waals surface area contributed by atoms with Crippen molar-refractivity contribution in [2.75, 3.05) is 12.8 Å². The van der Waals surface area contributed by atoms with Crippen molar-refractivity contribution in [3.8, 4) is 5.69 Å². The maximum atomic E-state index is 5.72. The summed E-state index contributed by atoms with van der Waals surface area (Å²) in [6, 6.07) is 7.79. The minimum Gasteiger partial charge on any atom is -0.380 e. The lowest BCUT2D eigenvalue weighted by atomic mass is 10.2. The van der Waals surface area contributed by atoms with Gasteiger partial charge in [0.25, 0.3) is 0 Å². The molecular weight excluding hydrogens is 224 g/mol. The van der Waals surface area contributed by atoms with E-state index in [1.54, 1.807) is 11.7 Å². The van der Waals surface area contributed by atoms with Crippen LogP contribution >= 0.6 is 12.2 Å². The average Bonchev–Trinajstić information content (AvgIpc) is 2.59. The van der Waals surface area contributed by atoms with Gasteiger partial charge in [-0.25, -0.2) is 5.10 Å². The van der Waals surface area contributed by atoms with Gasteiger partial charge in [-0.2, -0.15) is 0 Å². The topological polar surface area (TPSA) is 68.9 Å². The zero-order chi connectivity index (χ0) is 11.5. The highest BCUT2D eigenvalue weighted by Crippen LogP contribution is 2.14. The first-order valence-corrected chi connectivity index (χ1v) is 5.14. The van der Waals surface area contributed by atoms with Crippen molar-refractivity contribution in [1.82, 2.24) is 14.8 Å². The number of ether oxygens (including phenoxy) is 1. The molecule has 0 aliphatic carbocycles. The fourth-order valence-electron chi connectivity index (χ4n) is 1.51. The molecule has 0 fully saturated rings. The Morgan fingerprint density at radius 3 is 3.00 bits per heavy atom. The van der Waals surface area contributed by atoms with Gasteiger partial charge in [-0.05, 0) is 29.9 Å². The first kappa shape index (κ1) is 10.8. The van der Waals surface area contributed by atoms with Gasteiger partial charge in [0.15, 0.2) is 0 Å². The van der Waals surface area contributed by atoms with Crippen molar-refractivity contribution in [2.45, 2.75) is 6.61 Å². The molecule has 0 aliphatic heterocycles. The van der Waals surface area contributed by atoms with E-state index in [1.807, 2.05) is 24.3 Å². The number of nitrogens with one attached hydrogen (secondary N) is 1. The number of rotatable bonds is 3. The van der Waals surface area contributed by atoms with Gasteiger partial charge in [-0.3, -0.25) is 4.57 Å². The number of aromatic nitrogens is 3. The van der Waals surface area contributed by atoms with Crippen LogP contribution in [0.15, 0.2) is 24.3 Å². The van der Waals surface area contributed by atoms with Crippen molar-refractivity contribution in [1.29, 1.82) is 0 Å². The van der Waals surface area contributed by atoms with Crippen LogP contribution in [0.4, 0.5) is 5.95 Å². The van der Waals surface area contributed by atoms with E-state index in [0.717, 1.165) is 11.3 Å². The third kappa shape index (κ3) is 1.98. The molecule has 1 aromatic heterocycles. The van der Waals surface area contributed by atoms with Crippen molar-refractivity contribution >= 4 is 18.2 Å². The lowest BCUT2D eigenvalue weighted by molar-refractivity contribution is 0.185. The quantitative estimate of drug-likeness (QED) is 0.795. The standard InChI is InChI=1S/C10H12N4OS/c1-15-6-7-3-2-4-8(5-7)14-9(11)12-13-10(14)16/h2-5H,6H2,1H3,(H2,11,12)(H,13,16). The second-order valence-electron chi connectivity index (χ2n) is 3.33. The van der Waals surface area contributed by atoms with E-state index in [2.05, 4.69) is 10.2 Å². The summed E-state index contributed by atoms with van der Waals surface area (Å²) >= 11 is 5.10. The Morgan fingerprint density at radius 2 is 2.38 bits per heavy atom. The number of benzene rings is 1. The van der Waals surface area contributed by atoms with Crippen LogP contribution in [0.25, 0.3) is 5.69 Å². The van der Waals surface area contributed by atoms with E-state index in [4.69, 9.17) is 22.7 Å². The SMILES string of the molecule is COCc1cccc(-n2c(N)n[nH]c2=S)c1. The molecule has 1 aromatic carbocycles. The van der Waals surface area contributed by atoms with Crippen LogP contribution in [-0.4, -0.2) is 21.9 Å². The largest absolute Gasteiger partial charge is 0.380 e. The molecule has 84 valence electrons. The van der Waals surface area contributed by atoms with Gasteiger partial charge < -0.3 is 10.5 Å². The molecule has 0 aliphatic rings. The zero-order valence-electron chi connectivity index (χ0n) is 8.80. The maximum absolute atomic E-state index is 5.72. The van der Waals surface area contributed by atoms with E-state index < -0.39 is 0 Å². The van der Waals surface area contributed by atoms with Gasteiger partial charge in [0, 0.05) is 7.11 Å². The number of H-pyrrole nitrogens is 1. The number of hydrogen-bond acceptors (Lipinski definition) is 4. The Morgan fingerprint density at radius 1 is 1.56 bits per heavy atom. The van der Waals surface area contributed by atoms with Crippen molar-refractivity contribution < 1.29 is 4.74 Å². The Bertz CT molecular complexity index is 546. The highest BCUT2D eigenvalue weighted by atomic mass is 32.1. The predicted molar refractivity (Wildman–Crippen MR) is 63.9 cm³/mol. The van der Waals surface area contributed by atoms with Gasteiger partial charge in [0.05, 0.1) is 12.3 Å². The lowest BCUT2D eigenvalue weighted by Crippen LogP contribution is -2.01. The molecule has 16 heavy (non-hydrogen) atoms. The van der Waals surface area contributed by atoms with Crippen LogP contribution in [0.5, 0.6) is 0 Å². The van der Waals surface area contributed by atoms with Crippen LogP contribution in [0.3, 0.4) is 0 Å². The van der Waals surface area contributed by atoms with Gasteiger partial charge >= 0.3 is 0 Å². The van der Waals surface area contributed by atoms with Crippen molar-refractivity contribution in [2.24, 2.45) is 0 Å². The normalized spacial score (nSPS) is 10.6. The number of nitrogens with zero attached hydrogens (tertiary/aromatic N) is 2. The minimum atomic E-state index is 0.347. The number of aromatic amines is 1. The highest BCUT2D eigenvalue weighted by Gasteiger charge is 2.04. The van der Waals surface area contributed by atoms with E-state index >= 15 is 0 Å². The number of anilines is 1. The van der Waals surface area contributed by atoms with Crippen molar-refractivity contribution in [3.63, 3.8) is 0 Å². The molecule has 5 nitrogen and oxygen atoms in total. The molecule has 0 atom stereocenters. The fourth-order valence-corrected chi connectivity index (χ4v) is 1.76. The Kier molecular flexibility index (Phi) is 3.02. The summed E-state index contributed by atoms with van der Waals surface area (Å²) < 4.78 is 7.22. The lowest BCUT2D eigenvalue weighted by Gasteiger charge is -2.06. The van der Waals surface area contributed by atoms with Crippen LogP contribution in [0.2, 0.25) is 0 Å². The third-order valence-electron chi connectivity index (χ3n) is 2.18. The van der Waals surface area contributed by atoms with Gasteiger partial charge in [-0.15, -0.1) is 5.10 Å². The number of methoxy groups -OCH3 is 1. The highest BCUT2D eigenvalue weighted by molar-refractivity contribution is 7.71. The van der Waals surface area contributed by atoms with Crippen molar-refractivity contribution in [3.05, 3.63) is 34.6 Å². The summed E-state index contributed by atoms with van der Waals surface area (Å²) in [6.45, 7) is 0.554. The molecule has 0 saturated heterocycles. The molecule has 1 heterocycles. The minimum absolute atomic E-state index is 0.347. The second kappa shape index (κ2) is 4.46. The van der Waals surface area contributed by atoms with Gasteiger partial charge in [0.1, 0.15) is 0 Å². The zero-order valence-corrected chi connectivity index (χ0v) is 9.62. The third-order valence-corrected chi connectivity index (χ3v) is 2.45. The maximum Gasteiger partial charge on any atom is 0.225 e. The monoisotopic (exact) mass is 236 g/mol. The molecule has 6 heteroatoms. The molecule has 0 bridgehead atoms.